The van der Waals surface area contributed by atoms with Crippen molar-refractivity contribution in [1.82, 2.24) is 0 Å². The SMILES string of the molecule is CC(=O)c1ccc(CC(=O)O)c2ccccc12. The van der Waals surface area contributed by atoms with Crippen LogP contribution in [-0.2, 0) is 11.2 Å². The average Bonchev–Trinajstić information content (AvgIpc) is 2.28. The molecule has 0 aromatic heterocycles. The highest BCUT2D eigenvalue weighted by Gasteiger charge is 2.10. The predicted molar refractivity (Wildman–Crippen MR) is 65.3 cm³/mol. The molecule has 0 radical (unpaired) electrons. The monoisotopic (exact) mass is 228 g/mol. The maximum atomic E-state index is 11.5. The molecular weight excluding hydrogens is 216 g/mol. The summed E-state index contributed by atoms with van der Waals surface area (Å²) >= 11 is 0. The molecule has 0 unspecified atom stereocenters. The number of carbonyl (C=O) groups is 2. The Morgan fingerprint density at radius 3 is 2.29 bits per heavy atom. The van der Waals surface area contributed by atoms with Crippen LogP contribution in [0.4, 0.5) is 0 Å². The molecule has 86 valence electrons. The Bertz CT molecular complexity index is 599. The van der Waals surface area contributed by atoms with Gasteiger partial charge < -0.3 is 5.11 Å². The summed E-state index contributed by atoms with van der Waals surface area (Å²) in [4.78, 5) is 22.2. The van der Waals surface area contributed by atoms with Crippen LogP contribution in [0.3, 0.4) is 0 Å². The average molecular weight is 228 g/mol. The second kappa shape index (κ2) is 4.37. The molecule has 0 aliphatic heterocycles. The molecule has 3 heteroatoms. The molecule has 0 saturated carbocycles. The molecule has 0 atom stereocenters. The third-order valence-corrected chi connectivity index (χ3v) is 2.74. The number of hydrogen-bond acceptors (Lipinski definition) is 2. The zero-order valence-corrected chi connectivity index (χ0v) is 9.43. The van der Waals surface area contributed by atoms with Crippen molar-refractivity contribution in [3.8, 4) is 0 Å². The Kier molecular flexibility index (Phi) is 2.91. The van der Waals surface area contributed by atoms with E-state index in [9.17, 15) is 9.59 Å². The van der Waals surface area contributed by atoms with Crippen molar-refractivity contribution in [1.29, 1.82) is 0 Å². The number of aliphatic carboxylic acids is 1. The van der Waals surface area contributed by atoms with Crippen LogP contribution in [0.2, 0.25) is 0 Å². The first-order valence-corrected chi connectivity index (χ1v) is 5.33. The minimum absolute atomic E-state index is 0.0110. The summed E-state index contributed by atoms with van der Waals surface area (Å²) in [5.74, 6) is -0.881. The summed E-state index contributed by atoms with van der Waals surface area (Å²) in [6.45, 7) is 1.51. The fourth-order valence-corrected chi connectivity index (χ4v) is 1.99. The first kappa shape index (κ1) is 11.3. The number of fused-ring (bicyclic) bond motifs is 1. The highest BCUT2D eigenvalue weighted by molar-refractivity contribution is 6.08. The maximum absolute atomic E-state index is 11.5. The van der Waals surface area contributed by atoms with E-state index < -0.39 is 5.97 Å². The summed E-state index contributed by atoms with van der Waals surface area (Å²) in [7, 11) is 0. The molecule has 17 heavy (non-hydrogen) atoms. The van der Waals surface area contributed by atoms with Gasteiger partial charge in [0.1, 0.15) is 0 Å². The maximum Gasteiger partial charge on any atom is 0.307 e. The van der Waals surface area contributed by atoms with E-state index in [0.29, 0.717) is 5.56 Å². The van der Waals surface area contributed by atoms with Gasteiger partial charge in [0, 0.05) is 5.56 Å². The first-order chi connectivity index (χ1) is 8.09. The van der Waals surface area contributed by atoms with Gasteiger partial charge in [-0.05, 0) is 23.3 Å². The van der Waals surface area contributed by atoms with Crippen LogP contribution in [0.25, 0.3) is 10.8 Å². The normalized spacial score (nSPS) is 10.4. The van der Waals surface area contributed by atoms with E-state index in [4.69, 9.17) is 5.11 Å². The van der Waals surface area contributed by atoms with Gasteiger partial charge in [-0.2, -0.15) is 0 Å². The summed E-state index contributed by atoms with van der Waals surface area (Å²) in [5.41, 5.74) is 1.37. The smallest absolute Gasteiger partial charge is 0.307 e. The van der Waals surface area contributed by atoms with Gasteiger partial charge in [-0.1, -0.05) is 36.4 Å². The summed E-state index contributed by atoms with van der Waals surface area (Å²) in [5, 5.41) is 10.5. The number of Topliss-reactive ketones (excluding diaryl/α,β-unsaturated/α-hetero) is 1. The zero-order valence-electron chi connectivity index (χ0n) is 9.43. The number of carboxylic acid groups (broad SMARTS) is 1. The molecule has 1 N–H and O–H groups in total. The number of benzene rings is 2. The molecule has 2 aromatic carbocycles. The number of rotatable bonds is 3. The molecule has 0 fully saturated rings. The topological polar surface area (TPSA) is 54.4 Å². The van der Waals surface area contributed by atoms with Crippen LogP contribution in [0, 0.1) is 0 Å². The van der Waals surface area contributed by atoms with Crippen LogP contribution in [0.15, 0.2) is 36.4 Å². The Hall–Kier alpha value is -2.16. The Labute approximate surface area is 98.7 Å². The molecule has 0 amide bonds. The summed E-state index contributed by atoms with van der Waals surface area (Å²) in [6.07, 6.45) is -0.0291. The highest BCUT2D eigenvalue weighted by Crippen LogP contribution is 2.23. The van der Waals surface area contributed by atoms with Crippen LogP contribution < -0.4 is 0 Å². The van der Waals surface area contributed by atoms with Gasteiger partial charge in [-0.15, -0.1) is 0 Å². The van der Waals surface area contributed by atoms with Crippen LogP contribution in [0.1, 0.15) is 22.8 Å². The van der Waals surface area contributed by atoms with Crippen molar-refractivity contribution in [3.63, 3.8) is 0 Å². The largest absolute Gasteiger partial charge is 0.481 e. The standard InChI is InChI=1S/C14H12O3/c1-9(15)11-7-6-10(8-14(16)17)12-4-2-3-5-13(11)12/h2-7H,8H2,1H3,(H,16,17). The minimum atomic E-state index is -0.870. The fourth-order valence-electron chi connectivity index (χ4n) is 1.99. The quantitative estimate of drug-likeness (QED) is 0.822. The van der Waals surface area contributed by atoms with E-state index in [0.717, 1.165) is 16.3 Å². The van der Waals surface area contributed by atoms with E-state index in [-0.39, 0.29) is 12.2 Å². The third-order valence-electron chi connectivity index (χ3n) is 2.74. The van der Waals surface area contributed by atoms with Gasteiger partial charge in [0.2, 0.25) is 0 Å². The lowest BCUT2D eigenvalue weighted by atomic mass is 9.96. The first-order valence-electron chi connectivity index (χ1n) is 5.33. The molecule has 2 aromatic rings. The van der Waals surface area contributed by atoms with Crippen molar-refractivity contribution in [3.05, 3.63) is 47.5 Å². The second-order valence-electron chi connectivity index (χ2n) is 3.94. The molecule has 0 saturated heterocycles. The van der Waals surface area contributed by atoms with Crippen LogP contribution in [0.5, 0.6) is 0 Å². The predicted octanol–water partition coefficient (Wildman–Crippen LogP) is 2.67. The molecule has 0 heterocycles. The van der Waals surface area contributed by atoms with Gasteiger partial charge in [-0.3, -0.25) is 9.59 Å². The van der Waals surface area contributed by atoms with Crippen molar-refractivity contribution < 1.29 is 14.7 Å². The number of ketones is 1. The van der Waals surface area contributed by atoms with Gasteiger partial charge >= 0.3 is 5.97 Å². The fraction of sp³-hybridized carbons (Fsp3) is 0.143. The third kappa shape index (κ3) is 2.18. The van der Waals surface area contributed by atoms with Crippen molar-refractivity contribution in [2.75, 3.05) is 0 Å². The lowest BCUT2D eigenvalue weighted by molar-refractivity contribution is -0.136. The van der Waals surface area contributed by atoms with Gasteiger partial charge in [0.25, 0.3) is 0 Å². The Morgan fingerprint density at radius 1 is 1.06 bits per heavy atom. The number of hydrogen-bond donors (Lipinski definition) is 1. The molecule has 0 spiro atoms. The summed E-state index contributed by atoms with van der Waals surface area (Å²) < 4.78 is 0. The van der Waals surface area contributed by atoms with Gasteiger partial charge in [-0.25, -0.2) is 0 Å². The van der Waals surface area contributed by atoms with Crippen LogP contribution in [-0.4, -0.2) is 16.9 Å². The van der Waals surface area contributed by atoms with E-state index in [1.807, 2.05) is 24.3 Å². The molecule has 2 rings (SSSR count). The van der Waals surface area contributed by atoms with Crippen molar-refractivity contribution >= 4 is 22.5 Å². The van der Waals surface area contributed by atoms with E-state index in [1.54, 1.807) is 12.1 Å². The minimum Gasteiger partial charge on any atom is -0.481 e. The van der Waals surface area contributed by atoms with E-state index >= 15 is 0 Å². The lowest BCUT2D eigenvalue weighted by Gasteiger charge is -2.07. The van der Waals surface area contributed by atoms with E-state index in [1.165, 1.54) is 6.92 Å². The number of carboxylic acids is 1. The van der Waals surface area contributed by atoms with Crippen molar-refractivity contribution in [2.24, 2.45) is 0 Å². The number of carbonyl (C=O) groups excluding carboxylic acids is 1. The van der Waals surface area contributed by atoms with Crippen LogP contribution >= 0.6 is 0 Å². The molecule has 0 bridgehead atoms. The van der Waals surface area contributed by atoms with Crippen molar-refractivity contribution in [2.45, 2.75) is 13.3 Å². The lowest BCUT2D eigenvalue weighted by Crippen LogP contribution is -2.02. The zero-order chi connectivity index (χ0) is 12.4. The van der Waals surface area contributed by atoms with Gasteiger partial charge in [0.05, 0.1) is 6.42 Å². The molecule has 3 nitrogen and oxygen atoms in total. The molecule has 0 aliphatic carbocycles. The van der Waals surface area contributed by atoms with E-state index in [2.05, 4.69) is 0 Å². The molecule has 0 aliphatic rings. The summed E-state index contributed by atoms with van der Waals surface area (Å²) in [6, 6.07) is 10.8. The Morgan fingerprint density at radius 2 is 1.71 bits per heavy atom. The Balaban J connectivity index is 2.70. The second-order valence-corrected chi connectivity index (χ2v) is 3.94. The van der Waals surface area contributed by atoms with Gasteiger partial charge in [0.15, 0.2) is 5.78 Å². The molecular formula is C14H12O3. The highest BCUT2D eigenvalue weighted by atomic mass is 16.4.